The predicted octanol–water partition coefficient (Wildman–Crippen LogP) is 4.40. The van der Waals surface area contributed by atoms with Gasteiger partial charge in [0.05, 0.1) is 5.69 Å². The van der Waals surface area contributed by atoms with Crippen LogP contribution in [-0.4, -0.2) is 28.2 Å². The van der Waals surface area contributed by atoms with E-state index in [1.165, 1.54) is 0 Å². The van der Waals surface area contributed by atoms with Gasteiger partial charge in [0.2, 0.25) is 5.71 Å². The topological polar surface area (TPSA) is 58.3 Å². The fourth-order valence-corrected chi connectivity index (χ4v) is 3.97. The van der Waals surface area contributed by atoms with Crippen molar-refractivity contribution in [2.45, 2.75) is 26.4 Å². The molecule has 1 aromatic carbocycles. The van der Waals surface area contributed by atoms with Gasteiger partial charge in [-0.3, -0.25) is 4.90 Å². The van der Waals surface area contributed by atoms with Gasteiger partial charge in [-0.1, -0.05) is 19.1 Å². The lowest BCUT2D eigenvalue weighted by atomic mass is 10.1. The van der Waals surface area contributed by atoms with Gasteiger partial charge in [0, 0.05) is 36.4 Å². The van der Waals surface area contributed by atoms with Crippen LogP contribution in [0.2, 0.25) is 0 Å². The Morgan fingerprint density at radius 3 is 2.62 bits per heavy atom. The van der Waals surface area contributed by atoms with Gasteiger partial charge in [-0.05, 0) is 31.0 Å². The second kappa shape index (κ2) is 5.42. The lowest BCUT2D eigenvalue weighted by molar-refractivity contribution is 0.626. The molecule has 5 rings (SSSR count). The third-order valence-electron chi connectivity index (χ3n) is 5.17. The molecule has 0 saturated carbocycles. The van der Waals surface area contributed by atoms with Gasteiger partial charge in [-0.2, -0.15) is 0 Å². The number of rotatable bonds is 2. The molecule has 3 aromatic heterocycles. The highest BCUT2D eigenvalue weighted by molar-refractivity contribution is 6.09. The Kier molecular flexibility index (Phi) is 3.16. The van der Waals surface area contributed by atoms with Crippen molar-refractivity contribution in [1.29, 1.82) is 0 Å². The lowest BCUT2D eigenvalue weighted by Gasteiger charge is -2.30. The van der Waals surface area contributed by atoms with E-state index in [4.69, 9.17) is 4.42 Å². The zero-order valence-corrected chi connectivity index (χ0v) is 15.0. The first-order valence-corrected chi connectivity index (χ1v) is 8.80. The average molecular weight is 345 g/mol. The summed E-state index contributed by atoms with van der Waals surface area (Å²) in [5.74, 6) is 1.76. The number of aryl methyl sites for hydroxylation is 1. The van der Waals surface area contributed by atoms with Crippen LogP contribution in [0, 0.1) is 6.92 Å². The Balaban J connectivity index is 1.85. The predicted molar refractivity (Wildman–Crippen MR) is 103 cm³/mol. The number of furan rings is 1. The normalized spacial score (nSPS) is 16.7. The molecule has 6 nitrogen and oxygen atoms in total. The largest absolute Gasteiger partial charge is 0.435 e. The minimum absolute atomic E-state index is 0.137. The van der Waals surface area contributed by atoms with Gasteiger partial charge in [-0.15, -0.1) is 0 Å². The molecule has 0 aliphatic carbocycles. The molecule has 4 aromatic rings. The summed E-state index contributed by atoms with van der Waals surface area (Å²) in [5, 5.41) is 2.10. The second-order valence-corrected chi connectivity index (χ2v) is 6.64. The Bertz CT molecular complexity index is 1140. The molecule has 1 aliphatic heterocycles. The molecule has 0 spiro atoms. The summed E-state index contributed by atoms with van der Waals surface area (Å²) < 4.78 is 6.20. The molecule has 1 atom stereocenters. The molecular weight excluding hydrogens is 326 g/mol. The number of aromatic nitrogens is 3. The number of pyridine rings is 1. The summed E-state index contributed by atoms with van der Waals surface area (Å²) in [5.41, 5.74) is 3.69. The van der Waals surface area contributed by atoms with E-state index >= 15 is 0 Å². The molecule has 1 aliphatic rings. The van der Waals surface area contributed by atoms with E-state index < -0.39 is 0 Å². The highest BCUT2D eigenvalue weighted by Crippen LogP contribution is 2.46. The Morgan fingerprint density at radius 2 is 1.81 bits per heavy atom. The maximum atomic E-state index is 6.20. The number of hydrogen-bond acceptors (Lipinski definition) is 6. The molecule has 0 bridgehead atoms. The van der Waals surface area contributed by atoms with Crippen molar-refractivity contribution in [1.82, 2.24) is 15.0 Å². The quantitative estimate of drug-likeness (QED) is 0.536. The molecule has 0 saturated heterocycles. The molecule has 0 fully saturated rings. The molecule has 1 unspecified atom stereocenters. The number of nitrogens with zero attached hydrogens (tertiary/aromatic N) is 5. The first kappa shape index (κ1) is 15.1. The Morgan fingerprint density at radius 1 is 1.00 bits per heavy atom. The van der Waals surface area contributed by atoms with Crippen molar-refractivity contribution in [3.05, 3.63) is 48.4 Å². The number of fused-ring (bicyclic) bond motifs is 4. The zero-order chi connectivity index (χ0) is 17.8. The molecular formula is C20H19N5O. The molecule has 0 amide bonds. The average Bonchev–Trinajstić information content (AvgIpc) is 3.17. The molecule has 6 heteroatoms. The van der Waals surface area contributed by atoms with Crippen LogP contribution in [0.15, 0.2) is 47.3 Å². The standard InChI is InChI=1S/C20H19N5O/c1-4-15-24(3)18-19(22-11-10-21-18)25(15)16-12(2)7-8-13-14-6-5-9-23-20(14)26-17(13)16/h5-11,15H,4H2,1-3H3. The van der Waals surface area contributed by atoms with E-state index in [1.807, 2.05) is 6.07 Å². The monoisotopic (exact) mass is 345 g/mol. The van der Waals surface area contributed by atoms with Crippen molar-refractivity contribution in [3.8, 4) is 0 Å². The van der Waals surface area contributed by atoms with Crippen molar-refractivity contribution in [2.24, 2.45) is 0 Å². The summed E-state index contributed by atoms with van der Waals surface area (Å²) in [4.78, 5) is 18.0. The van der Waals surface area contributed by atoms with Crippen LogP contribution < -0.4 is 9.80 Å². The maximum absolute atomic E-state index is 6.20. The van der Waals surface area contributed by atoms with Crippen LogP contribution in [0.3, 0.4) is 0 Å². The van der Waals surface area contributed by atoms with Crippen LogP contribution in [0.5, 0.6) is 0 Å². The molecule has 130 valence electrons. The van der Waals surface area contributed by atoms with Crippen LogP contribution in [0.4, 0.5) is 17.3 Å². The fraction of sp³-hybridized carbons (Fsp3) is 0.250. The first-order valence-electron chi connectivity index (χ1n) is 8.80. The second-order valence-electron chi connectivity index (χ2n) is 6.64. The maximum Gasteiger partial charge on any atom is 0.227 e. The van der Waals surface area contributed by atoms with Gasteiger partial charge >= 0.3 is 0 Å². The smallest absolute Gasteiger partial charge is 0.227 e. The van der Waals surface area contributed by atoms with Crippen LogP contribution >= 0.6 is 0 Å². The minimum atomic E-state index is 0.137. The molecule has 0 N–H and O–H groups in total. The third kappa shape index (κ3) is 1.89. The van der Waals surface area contributed by atoms with Crippen molar-refractivity contribution >= 4 is 39.4 Å². The number of benzene rings is 1. The van der Waals surface area contributed by atoms with Gasteiger partial charge in [0.15, 0.2) is 17.2 Å². The molecule has 4 heterocycles. The summed E-state index contributed by atoms with van der Waals surface area (Å²) in [6.07, 6.45) is 6.31. The molecule has 0 radical (unpaired) electrons. The van der Waals surface area contributed by atoms with E-state index in [0.717, 1.165) is 45.7 Å². The van der Waals surface area contributed by atoms with Crippen molar-refractivity contribution in [2.75, 3.05) is 16.8 Å². The number of anilines is 3. The number of hydrogen-bond donors (Lipinski definition) is 0. The van der Waals surface area contributed by atoms with Gasteiger partial charge in [-0.25, -0.2) is 15.0 Å². The van der Waals surface area contributed by atoms with Gasteiger partial charge < -0.3 is 9.32 Å². The van der Waals surface area contributed by atoms with Crippen LogP contribution in [0.25, 0.3) is 22.1 Å². The highest BCUT2D eigenvalue weighted by Gasteiger charge is 2.38. The lowest BCUT2D eigenvalue weighted by Crippen LogP contribution is -2.38. The van der Waals surface area contributed by atoms with Crippen molar-refractivity contribution < 1.29 is 4.42 Å². The fourth-order valence-electron chi connectivity index (χ4n) is 3.97. The summed E-state index contributed by atoms with van der Waals surface area (Å²) in [6.45, 7) is 4.28. The SMILES string of the molecule is CCC1N(C)c2nccnc2N1c1c(C)ccc2c1oc1ncccc12. The van der Waals surface area contributed by atoms with E-state index in [2.05, 4.69) is 63.8 Å². The van der Waals surface area contributed by atoms with E-state index in [-0.39, 0.29) is 6.17 Å². The van der Waals surface area contributed by atoms with E-state index in [0.29, 0.717) is 5.71 Å². The van der Waals surface area contributed by atoms with Gasteiger partial charge in [0.25, 0.3) is 0 Å². The summed E-state index contributed by atoms with van der Waals surface area (Å²) >= 11 is 0. The van der Waals surface area contributed by atoms with Gasteiger partial charge in [0.1, 0.15) is 6.17 Å². The summed E-state index contributed by atoms with van der Waals surface area (Å²) in [6, 6.07) is 8.24. The Hall–Kier alpha value is -3.15. The van der Waals surface area contributed by atoms with Crippen LogP contribution in [-0.2, 0) is 0 Å². The minimum Gasteiger partial charge on any atom is -0.435 e. The summed E-state index contributed by atoms with van der Waals surface area (Å²) in [7, 11) is 2.07. The third-order valence-corrected chi connectivity index (χ3v) is 5.17. The first-order chi connectivity index (χ1) is 12.7. The van der Waals surface area contributed by atoms with E-state index in [9.17, 15) is 0 Å². The molecule has 26 heavy (non-hydrogen) atoms. The Labute approximate surface area is 151 Å². The zero-order valence-electron chi connectivity index (χ0n) is 15.0. The van der Waals surface area contributed by atoms with Crippen LogP contribution in [0.1, 0.15) is 18.9 Å². The van der Waals surface area contributed by atoms with Crippen molar-refractivity contribution in [3.63, 3.8) is 0 Å². The van der Waals surface area contributed by atoms with E-state index in [1.54, 1.807) is 18.6 Å². The highest BCUT2D eigenvalue weighted by atomic mass is 16.3.